The molecule has 5 heteroatoms. The van der Waals surface area contributed by atoms with Crippen LogP contribution in [0.5, 0.6) is 0 Å². The molecule has 0 spiro atoms. The van der Waals surface area contributed by atoms with Crippen LogP contribution in [0.4, 0.5) is 0 Å². The molecule has 1 saturated heterocycles. The first-order valence-corrected chi connectivity index (χ1v) is 7.47. The van der Waals surface area contributed by atoms with Gasteiger partial charge in [0.1, 0.15) is 12.1 Å². The predicted octanol–water partition coefficient (Wildman–Crippen LogP) is 1.66. The van der Waals surface area contributed by atoms with E-state index in [4.69, 9.17) is 10.5 Å². The molecule has 1 aliphatic heterocycles. The molecule has 3 N–H and O–H groups in total. The molecular formula is C15H26N2O3. The summed E-state index contributed by atoms with van der Waals surface area (Å²) in [5, 5.41) is 2.71. The van der Waals surface area contributed by atoms with Gasteiger partial charge in [-0.25, -0.2) is 0 Å². The smallest absolute Gasteiger partial charge is 0.249 e. The van der Waals surface area contributed by atoms with Crippen molar-refractivity contribution in [1.29, 1.82) is 0 Å². The molecule has 20 heavy (non-hydrogen) atoms. The van der Waals surface area contributed by atoms with Gasteiger partial charge in [-0.2, -0.15) is 0 Å². The van der Waals surface area contributed by atoms with Gasteiger partial charge in [0.2, 0.25) is 11.8 Å². The standard InChI is InChI=1S/C15H26N2O3/c1-2-3-4-5-6-7-9-12(14(16)18)17-15(19)13-10-8-11-20-13/h2,12-13H,1,3-11H2,(H2,16,18)(H,17,19)/t12-,13+/m1/s1. The third kappa shape index (κ3) is 6.19. The molecule has 2 amide bonds. The van der Waals surface area contributed by atoms with Gasteiger partial charge in [-0.05, 0) is 32.1 Å². The minimum atomic E-state index is -0.578. The third-order valence-electron chi connectivity index (χ3n) is 3.53. The van der Waals surface area contributed by atoms with Crippen molar-refractivity contribution in [2.24, 2.45) is 5.73 Å². The molecule has 0 aromatic carbocycles. The molecule has 1 heterocycles. The van der Waals surface area contributed by atoms with Gasteiger partial charge >= 0.3 is 0 Å². The molecule has 114 valence electrons. The molecule has 1 rings (SSSR count). The number of carbonyl (C=O) groups is 2. The van der Waals surface area contributed by atoms with Crippen LogP contribution in [-0.4, -0.2) is 30.6 Å². The lowest BCUT2D eigenvalue weighted by Gasteiger charge is -2.17. The van der Waals surface area contributed by atoms with Crippen molar-refractivity contribution in [2.75, 3.05) is 6.61 Å². The second-order valence-electron chi connectivity index (χ2n) is 5.25. The molecule has 5 nitrogen and oxygen atoms in total. The molecule has 0 radical (unpaired) electrons. The predicted molar refractivity (Wildman–Crippen MR) is 78.0 cm³/mol. The number of primary amides is 1. The Hall–Kier alpha value is -1.36. The zero-order valence-corrected chi connectivity index (χ0v) is 12.1. The van der Waals surface area contributed by atoms with E-state index in [1.807, 2.05) is 6.08 Å². The second-order valence-corrected chi connectivity index (χ2v) is 5.25. The molecule has 0 unspecified atom stereocenters. The van der Waals surface area contributed by atoms with Crippen molar-refractivity contribution < 1.29 is 14.3 Å². The Kier molecular flexibility index (Phi) is 7.95. The van der Waals surface area contributed by atoms with Crippen LogP contribution >= 0.6 is 0 Å². The number of nitrogens with one attached hydrogen (secondary N) is 1. The van der Waals surface area contributed by atoms with Crippen molar-refractivity contribution in [3.8, 4) is 0 Å². The van der Waals surface area contributed by atoms with Gasteiger partial charge in [-0.15, -0.1) is 6.58 Å². The van der Waals surface area contributed by atoms with E-state index in [1.165, 1.54) is 0 Å². The maximum atomic E-state index is 11.9. The minimum absolute atomic E-state index is 0.210. The van der Waals surface area contributed by atoms with Gasteiger partial charge < -0.3 is 15.8 Å². The molecule has 0 saturated carbocycles. The summed E-state index contributed by atoms with van der Waals surface area (Å²) in [7, 11) is 0. The van der Waals surface area contributed by atoms with Crippen LogP contribution in [0.2, 0.25) is 0 Å². The lowest BCUT2D eigenvalue weighted by Crippen LogP contribution is -2.47. The molecule has 0 aromatic rings. The van der Waals surface area contributed by atoms with Gasteiger partial charge in [0.25, 0.3) is 0 Å². The summed E-state index contributed by atoms with van der Waals surface area (Å²) >= 11 is 0. The van der Waals surface area contributed by atoms with E-state index in [2.05, 4.69) is 11.9 Å². The number of carbonyl (C=O) groups excluding carboxylic acids is 2. The number of allylic oxidation sites excluding steroid dienone is 1. The van der Waals surface area contributed by atoms with Crippen LogP contribution in [0.3, 0.4) is 0 Å². The Labute approximate surface area is 120 Å². The number of nitrogens with two attached hydrogens (primary N) is 1. The van der Waals surface area contributed by atoms with E-state index in [1.54, 1.807) is 0 Å². The molecule has 0 aromatic heterocycles. The van der Waals surface area contributed by atoms with Crippen molar-refractivity contribution in [3.05, 3.63) is 12.7 Å². The Morgan fingerprint density at radius 3 is 2.70 bits per heavy atom. The van der Waals surface area contributed by atoms with E-state index in [0.29, 0.717) is 13.0 Å². The van der Waals surface area contributed by atoms with Gasteiger partial charge in [0.15, 0.2) is 0 Å². The summed E-state index contributed by atoms with van der Waals surface area (Å²) in [4.78, 5) is 23.2. The fourth-order valence-corrected chi connectivity index (χ4v) is 2.33. The first-order valence-electron chi connectivity index (χ1n) is 7.47. The molecule has 2 atom stereocenters. The fourth-order valence-electron chi connectivity index (χ4n) is 2.33. The summed E-state index contributed by atoms with van der Waals surface area (Å²) in [5.74, 6) is -0.680. The molecular weight excluding hydrogens is 256 g/mol. The number of hydrogen-bond acceptors (Lipinski definition) is 3. The fraction of sp³-hybridized carbons (Fsp3) is 0.733. The highest BCUT2D eigenvalue weighted by molar-refractivity contribution is 5.88. The van der Waals surface area contributed by atoms with Crippen molar-refractivity contribution >= 4 is 11.8 Å². The average molecular weight is 282 g/mol. The second kappa shape index (κ2) is 9.53. The first kappa shape index (κ1) is 16.7. The Morgan fingerprint density at radius 1 is 1.35 bits per heavy atom. The zero-order valence-electron chi connectivity index (χ0n) is 12.1. The minimum Gasteiger partial charge on any atom is -0.368 e. The largest absolute Gasteiger partial charge is 0.368 e. The molecule has 0 aliphatic carbocycles. The molecule has 1 fully saturated rings. The van der Waals surface area contributed by atoms with Gasteiger partial charge in [0.05, 0.1) is 0 Å². The van der Waals surface area contributed by atoms with Crippen molar-refractivity contribution in [2.45, 2.75) is 63.5 Å². The summed E-state index contributed by atoms with van der Waals surface area (Å²) in [6.45, 7) is 4.29. The quantitative estimate of drug-likeness (QED) is 0.472. The Bertz CT molecular complexity index is 325. The van der Waals surface area contributed by atoms with Gasteiger partial charge in [-0.3, -0.25) is 9.59 Å². The maximum Gasteiger partial charge on any atom is 0.249 e. The van der Waals surface area contributed by atoms with Crippen molar-refractivity contribution in [3.63, 3.8) is 0 Å². The van der Waals surface area contributed by atoms with Crippen molar-refractivity contribution in [1.82, 2.24) is 5.32 Å². The molecule has 1 aliphatic rings. The summed E-state index contributed by atoms with van der Waals surface area (Å²) in [6.07, 6.45) is 8.88. The highest BCUT2D eigenvalue weighted by atomic mass is 16.5. The number of rotatable bonds is 10. The van der Waals surface area contributed by atoms with E-state index < -0.39 is 18.1 Å². The first-order chi connectivity index (χ1) is 9.65. The lowest BCUT2D eigenvalue weighted by atomic mass is 10.1. The number of hydrogen-bond donors (Lipinski definition) is 2. The summed E-state index contributed by atoms with van der Waals surface area (Å²) in [6, 6.07) is -0.578. The average Bonchev–Trinajstić information content (AvgIpc) is 2.95. The Balaban J connectivity index is 2.23. The Morgan fingerprint density at radius 2 is 2.10 bits per heavy atom. The maximum absolute atomic E-state index is 11.9. The van der Waals surface area contributed by atoms with E-state index in [9.17, 15) is 9.59 Å². The van der Waals surface area contributed by atoms with Gasteiger partial charge in [-0.1, -0.05) is 25.3 Å². The van der Waals surface area contributed by atoms with Crippen LogP contribution in [0.15, 0.2) is 12.7 Å². The normalized spacial score (nSPS) is 19.5. The number of amides is 2. The third-order valence-corrected chi connectivity index (χ3v) is 3.53. The topological polar surface area (TPSA) is 81.4 Å². The summed E-state index contributed by atoms with van der Waals surface area (Å²) in [5.41, 5.74) is 5.34. The number of unbranched alkanes of at least 4 members (excludes halogenated alkanes) is 4. The van der Waals surface area contributed by atoms with Crippen LogP contribution in [0.25, 0.3) is 0 Å². The highest BCUT2D eigenvalue weighted by Gasteiger charge is 2.27. The van der Waals surface area contributed by atoms with E-state index in [0.717, 1.165) is 44.9 Å². The van der Waals surface area contributed by atoms with E-state index in [-0.39, 0.29) is 5.91 Å². The van der Waals surface area contributed by atoms with Crippen LogP contribution < -0.4 is 11.1 Å². The van der Waals surface area contributed by atoms with E-state index >= 15 is 0 Å². The zero-order chi connectivity index (χ0) is 14.8. The number of ether oxygens (including phenoxy) is 1. The highest BCUT2D eigenvalue weighted by Crippen LogP contribution is 2.13. The van der Waals surface area contributed by atoms with Crippen LogP contribution in [0, 0.1) is 0 Å². The van der Waals surface area contributed by atoms with Crippen LogP contribution in [-0.2, 0) is 14.3 Å². The van der Waals surface area contributed by atoms with Gasteiger partial charge in [0, 0.05) is 6.61 Å². The summed E-state index contributed by atoms with van der Waals surface area (Å²) < 4.78 is 5.29. The monoisotopic (exact) mass is 282 g/mol. The lowest BCUT2D eigenvalue weighted by molar-refractivity contribution is -0.133. The SMILES string of the molecule is C=CCCCCCC[C@@H](NC(=O)[C@@H]1CCCO1)C(N)=O. The van der Waals surface area contributed by atoms with Crippen LogP contribution in [0.1, 0.15) is 51.4 Å². The molecule has 0 bridgehead atoms.